The molecule has 1 aromatic carbocycles. The summed E-state index contributed by atoms with van der Waals surface area (Å²) in [6.45, 7) is 2.74. The third-order valence-electron chi connectivity index (χ3n) is 6.09. The zero-order valence-corrected chi connectivity index (χ0v) is 16.6. The van der Waals surface area contributed by atoms with E-state index in [0.29, 0.717) is 24.8 Å². The molecule has 4 rings (SSSR count). The van der Waals surface area contributed by atoms with E-state index in [1.165, 1.54) is 31.2 Å². The van der Waals surface area contributed by atoms with E-state index < -0.39 is 0 Å². The number of benzene rings is 1. The van der Waals surface area contributed by atoms with Gasteiger partial charge in [-0.05, 0) is 80.4 Å². The van der Waals surface area contributed by atoms with Crippen LogP contribution in [0.15, 0.2) is 47.1 Å². The molecule has 0 bridgehead atoms. The fourth-order valence-electron chi connectivity index (χ4n) is 4.33. The van der Waals surface area contributed by atoms with Crippen LogP contribution in [0.2, 0.25) is 0 Å². The highest BCUT2D eigenvalue weighted by atomic mass is 16.5. The van der Waals surface area contributed by atoms with Gasteiger partial charge in [-0.25, -0.2) is 0 Å². The summed E-state index contributed by atoms with van der Waals surface area (Å²) in [5, 5.41) is 3.19. The monoisotopic (exact) mass is 382 g/mol. The molecule has 5 heteroatoms. The van der Waals surface area contributed by atoms with E-state index in [0.717, 1.165) is 24.6 Å². The van der Waals surface area contributed by atoms with Crippen LogP contribution in [0.25, 0.3) is 0 Å². The first kappa shape index (κ1) is 19.1. The van der Waals surface area contributed by atoms with Crippen LogP contribution in [0.3, 0.4) is 0 Å². The van der Waals surface area contributed by atoms with Crippen LogP contribution < -0.4 is 10.1 Å². The molecule has 2 fully saturated rings. The molecule has 2 unspecified atom stereocenters. The van der Waals surface area contributed by atoms with Crippen molar-refractivity contribution in [2.45, 2.75) is 44.1 Å². The van der Waals surface area contributed by atoms with Crippen molar-refractivity contribution in [3.63, 3.8) is 0 Å². The number of rotatable bonds is 9. The standard InChI is InChI=1S/C23H30N2O3/c1-27-19-10-8-18(9-11-19)20(17-6-7-17)15-23(26)24-16-21(22-5-4-14-28-22)25-12-2-3-13-25/h4-5,8-11,14,17,20-21H,2-3,6-7,12-13,15-16H2,1H3,(H,24,26). The summed E-state index contributed by atoms with van der Waals surface area (Å²) in [7, 11) is 1.68. The third-order valence-corrected chi connectivity index (χ3v) is 6.09. The minimum atomic E-state index is 0.127. The van der Waals surface area contributed by atoms with Crippen molar-refractivity contribution in [3.8, 4) is 5.75 Å². The smallest absolute Gasteiger partial charge is 0.220 e. The predicted molar refractivity (Wildman–Crippen MR) is 108 cm³/mol. The van der Waals surface area contributed by atoms with Crippen molar-refractivity contribution in [1.82, 2.24) is 10.2 Å². The van der Waals surface area contributed by atoms with Gasteiger partial charge >= 0.3 is 0 Å². The predicted octanol–water partition coefficient (Wildman–Crippen LogP) is 4.13. The molecular formula is C23H30N2O3. The lowest BCUT2D eigenvalue weighted by atomic mass is 9.90. The number of likely N-dealkylation sites (tertiary alicyclic amines) is 1. The number of nitrogens with one attached hydrogen (secondary N) is 1. The first-order chi connectivity index (χ1) is 13.7. The van der Waals surface area contributed by atoms with E-state index in [2.05, 4.69) is 22.3 Å². The lowest BCUT2D eigenvalue weighted by molar-refractivity contribution is -0.121. The number of carbonyl (C=O) groups excluding carboxylic acids is 1. The molecule has 150 valence electrons. The first-order valence-electron chi connectivity index (χ1n) is 10.4. The maximum absolute atomic E-state index is 12.8. The molecule has 1 saturated carbocycles. The highest BCUT2D eigenvalue weighted by Crippen LogP contribution is 2.44. The van der Waals surface area contributed by atoms with E-state index in [-0.39, 0.29) is 11.9 Å². The number of ether oxygens (including phenoxy) is 1. The van der Waals surface area contributed by atoms with Gasteiger partial charge in [-0.1, -0.05) is 12.1 Å². The number of nitrogens with zero attached hydrogens (tertiary/aromatic N) is 1. The van der Waals surface area contributed by atoms with Crippen molar-refractivity contribution >= 4 is 5.91 Å². The van der Waals surface area contributed by atoms with Gasteiger partial charge in [0.15, 0.2) is 0 Å². The fraction of sp³-hybridized carbons (Fsp3) is 0.522. The normalized spacial score (nSPS) is 19.3. The summed E-state index contributed by atoms with van der Waals surface area (Å²) in [5.41, 5.74) is 1.24. The quantitative estimate of drug-likeness (QED) is 0.709. The van der Waals surface area contributed by atoms with E-state index in [4.69, 9.17) is 9.15 Å². The minimum absolute atomic E-state index is 0.127. The van der Waals surface area contributed by atoms with Gasteiger partial charge in [-0.2, -0.15) is 0 Å². The number of methoxy groups -OCH3 is 1. The molecule has 1 saturated heterocycles. The second-order valence-corrected chi connectivity index (χ2v) is 8.00. The van der Waals surface area contributed by atoms with E-state index >= 15 is 0 Å². The number of furan rings is 1. The molecule has 2 aliphatic rings. The first-order valence-corrected chi connectivity index (χ1v) is 10.4. The van der Waals surface area contributed by atoms with Gasteiger partial charge in [0.05, 0.1) is 19.4 Å². The second-order valence-electron chi connectivity index (χ2n) is 8.00. The second kappa shape index (κ2) is 8.82. The number of hydrogen-bond acceptors (Lipinski definition) is 4. The molecule has 2 heterocycles. The summed E-state index contributed by atoms with van der Waals surface area (Å²) >= 11 is 0. The van der Waals surface area contributed by atoms with E-state index in [1.54, 1.807) is 13.4 Å². The molecule has 0 spiro atoms. The molecule has 2 atom stereocenters. The van der Waals surface area contributed by atoms with Crippen LogP contribution in [0, 0.1) is 5.92 Å². The fourth-order valence-corrected chi connectivity index (χ4v) is 4.33. The molecule has 28 heavy (non-hydrogen) atoms. The van der Waals surface area contributed by atoms with Crippen LogP contribution in [0.4, 0.5) is 0 Å². The summed E-state index contributed by atoms with van der Waals surface area (Å²) in [4.78, 5) is 15.2. The Balaban J connectivity index is 1.37. The Hall–Kier alpha value is -2.27. The maximum Gasteiger partial charge on any atom is 0.220 e. The molecule has 1 N–H and O–H groups in total. The molecule has 2 aromatic rings. The summed E-state index contributed by atoms with van der Waals surface area (Å²) in [5.74, 6) is 2.84. The Kier molecular flexibility index (Phi) is 6.01. The molecule has 5 nitrogen and oxygen atoms in total. The van der Waals surface area contributed by atoms with Crippen LogP contribution in [0.1, 0.15) is 55.4 Å². The molecule has 1 aromatic heterocycles. The SMILES string of the molecule is COc1ccc(C(CC(=O)NCC(c2ccco2)N2CCCC2)C2CC2)cc1. The minimum Gasteiger partial charge on any atom is -0.497 e. The topological polar surface area (TPSA) is 54.7 Å². The highest BCUT2D eigenvalue weighted by molar-refractivity contribution is 5.77. The number of amides is 1. The van der Waals surface area contributed by atoms with Crippen molar-refractivity contribution in [1.29, 1.82) is 0 Å². The number of hydrogen-bond donors (Lipinski definition) is 1. The Bertz CT molecular complexity index is 747. The zero-order valence-electron chi connectivity index (χ0n) is 16.6. The van der Waals surface area contributed by atoms with Gasteiger partial charge in [0.2, 0.25) is 5.91 Å². The molecule has 1 amide bonds. The average Bonchev–Trinajstić information content (AvgIpc) is 3.18. The van der Waals surface area contributed by atoms with Crippen LogP contribution >= 0.6 is 0 Å². The van der Waals surface area contributed by atoms with Crippen LogP contribution in [-0.2, 0) is 4.79 Å². The Morgan fingerprint density at radius 1 is 1.21 bits per heavy atom. The number of carbonyl (C=O) groups is 1. The molecule has 0 radical (unpaired) electrons. The molecular weight excluding hydrogens is 352 g/mol. The van der Waals surface area contributed by atoms with Crippen LogP contribution in [0.5, 0.6) is 5.75 Å². The van der Waals surface area contributed by atoms with E-state index in [1.807, 2.05) is 24.3 Å². The Morgan fingerprint density at radius 3 is 2.57 bits per heavy atom. The Labute approximate surface area is 167 Å². The van der Waals surface area contributed by atoms with Crippen molar-refractivity contribution < 1.29 is 13.9 Å². The van der Waals surface area contributed by atoms with Gasteiger partial charge in [-0.15, -0.1) is 0 Å². The van der Waals surface area contributed by atoms with Gasteiger partial charge in [-0.3, -0.25) is 9.69 Å². The average molecular weight is 383 g/mol. The summed E-state index contributed by atoms with van der Waals surface area (Å²) < 4.78 is 10.9. The maximum atomic E-state index is 12.8. The lowest BCUT2D eigenvalue weighted by Crippen LogP contribution is -2.37. The van der Waals surface area contributed by atoms with Gasteiger partial charge < -0.3 is 14.5 Å². The Morgan fingerprint density at radius 2 is 1.96 bits per heavy atom. The lowest BCUT2D eigenvalue weighted by Gasteiger charge is -2.26. The highest BCUT2D eigenvalue weighted by Gasteiger charge is 2.34. The van der Waals surface area contributed by atoms with Gasteiger partial charge in [0, 0.05) is 13.0 Å². The van der Waals surface area contributed by atoms with Crippen molar-refractivity contribution in [2.75, 3.05) is 26.7 Å². The van der Waals surface area contributed by atoms with Gasteiger partial charge in [0.1, 0.15) is 11.5 Å². The van der Waals surface area contributed by atoms with Crippen LogP contribution in [-0.4, -0.2) is 37.6 Å². The van der Waals surface area contributed by atoms with Gasteiger partial charge in [0.25, 0.3) is 0 Å². The van der Waals surface area contributed by atoms with Crippen molar-refractivity contribution in [2.24, 2.45) is 5.92 Å². The molecule has 1 aliphatic heterocycles. The third kappa shape index (κ3) is 4.58. The van der Waals surface area contributed by atoms with E-state index in [9.17, 15) is 4.79 Å². The summed E-state index contributed by atoms with van der Waals surface area (Å²) in [6, 6.07) is 12.2. The molecule has 1 aliphatic carbocycles. The zero-order chi connectivity index (χ0) is 19.3. The van der Waals surface area contributed by atoms with Crippen molar-refractivity contribution in [3.05, 3.63) is 54.0 Å². The largest absolute Gasteiger partial charge is 0.497 e. The summed E-state index contributed by atoms with van der Waals surface area (Å²) in [6.07, 6.45) is 7.12.